The van der Waals surface area contributed by atoms with Crippen LogP contribution < -0.4 is 19.5 Å². The Labute approximate surface area is 165 Å². The molecule has 148 valence electrons. The predicted molar refractivity (Wildman–Crippen MR) is 107 cm³/mol. The highest BCUT2D eigenvalue weighted by Crippen LogP contribution is 2.35. The first-order chi connectivity index (χ1) is 13.8. The van der Waals surface area contributed by atoms with Crippen LogP contribution in [0.25, 0.3) is 0 Å². The van der Waals surface area contributed by atoms with Crippen molar-refractivity contribution < 1.29 is 19.0 Å². The van der Waals surface area contributed by atoms with Crippen LogP contribution in [0.2, 0.25) is 0 Å². The molecule has 2 aromatic carbocycles. The van der Waals surface area contributed by atoms with E-state index in [0.29, 0.717) is 6.61 Å². The number of rotatable bonds is 7. The summed E-state index contributed by atoms with van der Waals surface area (Å²) >= 11 is 0. The number of nitrogens with one attached hydrogen (secondary N) is 1. The molecule has 0 radical (unpaired) electrons. The number of carbonyl (C=O) groups excluding carboxylic acids is 1. The Hall–Kier alpha value is -2.73. The number of amides is 1. The molecular weight excluding hydrogens is 356 g/mol. The van der Waals surface area contributed by atoms with E-state index >= 15 is 0 Å². The summed E-state index contributed by atoms with van der Waals surface area (Å²) in [4.78, 5) is 14.9. The molecule has 1 saturated heterocycles. The molecule has 6 heteroatoms. The summed E-state index contributed by atoms with van der Waals surface area (Å²) in [6.45, 7) is 3.69. The normalized spacial score (nSPS) is 18.6. The topological polar surface area (TPSA) is 60.0 Å². The minimum absolute atomic E-state index is 0.0451. The molecular formula is C22H26N2O4. The molecule has 1 amide bonds. The summed E-state index contributed by atoms with van der Waals surface area (Å²) in [5.41, 5.74) is 0.863. The fourth-order valence-corrected chi connectivity index (χ4v) is 3.68. The second-order valence-electron chi connectivity index (χ2n) is 7.21. The zero-order valence-electron chi connectivity index (χ0n) is 15.9. The van der Waals surface area contributed by atoms with Crippen molar-refractivity contribution in [3.63, 3.8) is 0 Å². The minimum Gasteiger partial charge on any atom is -0.493 e. The average Bonchev–Trinajstić information content (AvgIpc) is 3.20. The van der Waals surface area contributed by atoms with Crippen LogP contribution in [0, 0.1) is 5.92 Å². The van der Waals surface area contributed by atoms with Gasteiger partial charge in [-0.25, -0.2) is 0 Å². The van der Waals surface area contributed by atoms with Crippen LogP contribution in [-0.2, 0) is 4.79 Å². The number of piperidine rings is 1. The molecule has 0 bridgehead atoms. The van der Waals surface area contributed by atoms with E-state index in [9.17, 15) is 4.79 Å². The second-order valence-corrected chi connectivity index (χ2v) is 7.21. The Morgan fingerprint density at radius 2 is 2.00 bits per heavy atom. The highest BCUT2D eigenvalue weighted by atomic mass is 16.7. The number of hydrogen-bond donors (Lipinski definition) is 1. The molecule has 1 N–H and O–H groups in total. The Balaban J connectivity index is 1.19. The van der Waals surface area contributed by atoms with Crippen molar-refractivity contribution >= 4 is 11.6 Å². The van der Waals surface area contributed by atoms with E-state index in [1.165, 1.54) is 0 Å². The van der Waals surface area contributed by atoms with Gasteiger partial charge in [-0.05, 0) is 50.1 Å². The second kappa shape index (κ2) is 8.97. The van der Waals surface area contributed by atoms with Crippen molar-refractivity contribution in [2.75, 3.05) is 38.4 Å². The lowest BCUT2D eigenvalue weighted by Crippen LogP contribution is -2.41. The lowest BCUT2D eigenvalue weighted by atomic mass is 9.97. The van der Waals surface area contributed by atoms with Crippen molar-refractivity contribution in [1.82, 2.24) is 4.90 Å². The number of carbonyl (C=O) groups is 1. The molecule has 6 nitrogen and oxygen atoms in total. The highest BCUT2D eigenvalue weighted by molar-refractivity contribution is 5.92. The van der Waals surface area contributed by atoms with Gasteiger partial charge in [-0.1, -0.05) is 18.2 Å². The first-order valence-corrected chi connectivity index (χ1v) is 9.89. The van der Waals surface area contributed by atoms with Crippen molar-refractivity contribution in [2.45, 2.75) is 19.3 Å². The van der Waals surface area contributed by atoms with Crippen molar-refractivity contribution in [2.24, 2.45) is 5.92 Å². The maximum Gasteiger partial charge on any atom is 0.231 e. The van der Waals surface area contributed by atoms with Gasteiger partial charge in [0.25, 0.3) is 0 Å². The van der Waals surface area contributed by atoms with Crippen LogP contribution in [0.1, 0.15) is 19.3 Å². The third-order valence-corrected chi connectivity index (χ3v) is 5.15. The van der Waals surface area contributed by atoms with Gasteiger partial charge in [-0.3, -0.25) is 4.79 Å². The van der Waals surface area contributed by atoms with Gasteiger partial charge in [0.05, 0.1) is 12.5 Å². The number of anilines is 1. The van der Waals surface area contributed by atoms with Crippen molar-refractivity contribution in [1.29, 1.82) is 0 Å². The first-order valence-electron chi connectivity index (χ1n) is 9.89. The van der Waals surface area contributed by atoms with Gasteiger partial charge >= 0.3 is 0 Å². The molecule has 2 aliphatic heterocycles. The van der Waals surface area contributed by atoms with Crippen LogP contribution in [0.15, 0.2) is 48.5 Å². The summed E-state index contributed by atoms with van der Waals surface area (Å²) in [7, 11) is 0. The fraction of sp³-hybridized carbons (Fsp3) is 0.409. The summed E-state index contributed by atoms with van der Waals surface area (Å²) in [6.07, 6.45) is 2.92. The molecule has 2 heterocycles. The molecule has 1 atom stereocenters. The van der Waals surface area contributed by atoms with Gasteiger partial charge in [-0.2, -0.15) is 0 Å². The van der Waals surface area contributed by atoms with E-state index in [4.69, 9.17) is 14.2 Å². The zero-order valence-corrected chi connectivity index (χ0v) is 15.9. The molecule has 0 aliphatic carbocycles. The molecule has 0 saturated carbocycles. The van der Waals surface area contributed by atoms with Gasteiger partial charge in [0.15, 0.2) is 11.5 Å². The van der Waals surface area contributed by atoms with E-state index in [-0.39, 0.29) is 18.6 Å². The molecule has 0 spiro atoms. The molecule has 4 rings (SSSR count). The molecule has 28 heavy (non-hydrogen) atoms. The van der Waals surface area contributed by atoms with Gasteiger partial charge in [0.2, 0.25) is 12.7 Å². The summed E-state index contributed by atoms with van der Waals surface area (Å²) in [5, 5.41) is 3.03. The predicted octanol–water partition coefficient (Wildman–Crippen LogP) is 3.53. The van der Waals surface area contributed by atoms with E-state index in [1.807, 2.05) is 48.5 Å². The molecule has 2 aliphatic rings. The zero-order chi connectivity index (χ0) is 19.2. The Bertz CT molecular complexity index is 796. The van der Waals surface area contributed by atoms with Crippen LogP contribution in [0.4, 0.5) is 5.69 Å². The summed E-state index contributed by atoms with van der Waals surface area (Å²) in [6, 6.07) is 15.3. The average molecular weight is 382 g/mol. The van der Waals surface area contributed by atoms with E-state index in [2.05, 4.69) is 10.2 Å². The van der Waals surface area contributed by atoms with Crippen molar-refractivity contribution in [3.8, 4) is 17.2 Å². The van der Waals surface area contributed by atoms with Gasteiger partial charge in [0, 0.05) is 24.8 Å². The largest absolute Gasteiger partial charge is 0.493 e. The number of nitrogens with zero attached hydrogens (tertiary/aromatic N) is 1. The van der Waals surface area contributed by atoms with E-state index in [1.54, 1.807) is 0 Å². The third kappa shape index (κ3) is 4.75. The van der Waals surface area contributed by atoms with Gasteiger partial charge in [-0.15, -0.1) is 0 Å². The number of benzene rings is 2. The number of hydrogen-bond acceptors (Lipinski definition) is 5. The number of ether oxygens (including phenoxy) is 3. The minimum atomic E-state index is 0.0451. The molecule has 0 aromatic heterocycles. The number of para-hydroxylation sites is 1. The molecule has 2 aromatic rings. The summed E-state index contributed by atoms with van der Waals surface area (Å²) < 4.78 is 16.5. The van der Waals surface area contributed by atoms with Gasteiger partial charge < -0.3 is 24.4 Å². The fourth-order valence-electron chi connectivity index (χ4n) is 3.68. The molecule has 1 unspecified atom stereocenters. The summed E-state index contributed by atoms with van der Waals surface area (Å²) in [5.74, 6) is 2.46. The van der Waals surface area contributed by atoms with E-state index < -0.39 is 0 Å². The first kappa shape index (κ1) is 18.6. The SMILES string of the molecule is O=C(Nc1ccccc1)C1CCCN(CCCOc2ccc3c(c2)OCO3)C1. The maximum absolute atomic E-state index is 12.5. The Morgan fingerprint density at radius 1 is 1.14 bits per heavy atom. The smallest absolute Gasteiger partial charge is 0.231 e. The standard InChI is InChI=1S/C22H26N2O4/c25-22(23-18-7-2-1-3-8-18)17-6-4-11-24(15-17)12-5-13-26-19-9-10-20-21(14-19)28-16-27-20/h1-3,7-10,14,17H,4-6,11-13,15-16H2,(H,23,25). The van der Waals surface area contributed by atoms with Gasteiger partial charge in [0.1, 0.15) is 5.75 Å². The van der Waals surface area contributed by atoms with Crippen LogP contribution in [0.5, 0.6) is 17.2 Å². The quantitative estimate of drug-likeness (QED) is 0.743. The Kier molecular flexibility index (Phi) is 5.97. The van der Waals surface area contributed by atoms with Crippen molar-refractivity contribution in [3.05, 3.63) is 48.5 Å². The van der Waals surface area contributed by atoms with Crippen LogP contribution >= 0.6 is 0 Å². The monoisotopic (exact) mass is 382 g/mol. The van der Waals surface area contributed by atoms with Crippen LogP contribution in [0.3, 0.4) is 0 Å². The maximum atomic E-state index is 12.5. The molecule has 1 fully saturated rings. The Morgan fingerprint density at radius 3 is 2.89 bits per heavy atom. The van der Waals surface area contributed by atoms with E-state index in [0.717, 1.165) is 61.8 Å². The highest BCUT2D eigenvalue weighted by Gasteiger charge is 2.25. The lowest BCUT2D eigenvalue weighted by molar-refractivity contribution is -0.121. The number of likely N-dealkylation sites (tertiary alicyclic amines) is 1. The lowest BCUT2D eigenvalue weighted by Gasteiger charge is -2.32. The van der Waals surface area contributed by atoms with Crippen LogP contribution in [-0.4, -0.2) is 43.8 Å². The third-order valence-electron chi connectivity index (χ3n) is 5.15. The number of fused-ring (bicyclic) bond motifs is 1.